The number of imidazole rings is 1. The third-order valence-corrected chi connectivity index (χ3v) is 7.71. The van der Waals surface area contributed by atoms with E-state index in [4.69, 9.17) is 14.5 Å². The number of ether oxygens (including phenoxy) is 2. The standard InChI is InChI=1S/C31H34N4O4S/c1-3-4-5-6-17-32-22-9-13-24(14-10-22)39-25-15-16-26-27(19-25)34-29(33-26)20(2)38-23-11-7-21(8-12-23)18-28-30(36)35-31(37)40-28/h7-16,19-20,28,32H,3-6,17-18H2,1-2H3,(H,33,34)(H,35,36,37). The van der Waals surface area contributed by atoms with E-state index in [0.29, 0.717) is 18.0 Å². The van der Waals surface area contributed by atoms with Gasteiger partial charge in [0.05, 0.1) is 16.3 Å². The molecule has 208 valence electrons. The minimum Gasteiger partial charge on any atom is -0.483 e. The number of hydrogen-bond donors (Lipinski definition) is 3. The minimum absolute atomic E-state index is 0.235. The number of H-pyrrole nitrogens is 1. The fourth-order valence-electron chi connectivity index (χ4n) is 4.53. The zero-order chi connectivity index (χ0) is 27.9. The Bertz CT molecular complexity index is 1450. The summed E-state index contributed by atoms with van der Waals surface area (Å²) in [6, 6.07) is 21.4. The monoisotopic (exact) mass is 558 g/mol. The van der Waals surface area contributed by atoms with Crippen LogP contribution in [0.3, 0.4) is 0 Å². The molecule has 5 rings (SSSR count). The summed E-state index contributed by atoms with van der Waals surface area (Å²) >= 11 is 1.03. The van der Waals surface area contributed by atoms with Crippen molar-refractivity contribution in [2.24, 2.45) is 0 Å². The molecule has 1 aromatic heterocycles. The molecule has 3 aromatic carbocycles. The van der Waals surface area contributed by atoms with Gasteiger partial charge in [-0.3, -0.25) is 14.9 Å². The Morgan fingerprint density at radius 1 is 0.950 bits per heavy atom. The normalized spacial score (nSPS) is 15.7. The number of aromatic nitrogens is 2. The quantitative estimate of drug-likeness (QED) is 0.147. The molecule has 0 aliphatic carbocycles. The molecule has 4 aromatic rings. The highest BCUT2D eigenvalue weighted by atomic mass is 32.2. The molecule has 1 fully saturated rings. The Balaban J connectivity index is 1.15. The van der Waals surface area contributed by atoms with E-state index < -0.39 is 0 Å². The molecule has 0 radical (unpaired) electrons. The number of carbonyl (C=O) groups is 2. The van der Waals surface area contributed by atoms with Gasteiger partial charge in [-0.05, 0) is 73.9 Å². The number of anilines is 1. The van der Waals surface area contributed by atoms with Crippen molar-refractivity contribution in [2.45, 2.75) is 57.3 Å². The minimum atomic E-state index is -0.385. The lowest BCUT2D eigenvalue weighted by Crippen LogP contribution is -2.25. The molecule has 0 spiro atoms. The van der Waals surface area contributed by atoms with Crippen molar-refractivity contribution in [1.29, 1.82) is 0 Å². The first-order valence-corrected chi connectivity index (χ1v) is 14.6. The number of unbranched alkanes of at least 4 members (excludes halogenated alkanes) is 3. The number of carbonyl (C=O) groups excluding carboxylic acids is 2. The third kappa shape index (κ3) is 7.15. The molecule has 0 saturated carbocycles. The fraction of sp³-hybridized carbons (Fsp3) is 0.323. The molecule has 2 unspecified atom stereocenters. The van der Waals surface area contributed by atoms with Gasteiger partial charge in [-0.2, -0.15) is 0 Å². The lowest BCUT2D eigenvalue weighted by molar-refractivity contribution is -0.118. The van der Waals surface area contributed by atoms with Crippen LogP contribution < -0.4 is 20.1 Å². The molecule has 2 heterocycles. The molecule has 2 amide bonds. The highest BCUT2D eigenvalue weighted by molar-refractivity contribution is 8.15. The molecule has 9 heteroatoms. The lowest BCUT2D eigenvalue weighted by atomic mass is 10.1. The van der Waals surface area contributed by atoms with Crippen LogP contribution in [-0.2, 0) is 11.2 Å². The average molecular weight is 559 g/mol. The van der Waals surface area contributed by atoms with Crippen LogP contribution in [0, 0.1) is 0 Å². The summed E-state index contributed by atoms with van der Waals surface area (Å²) in [5, 5.41) is 5.11. The van der Waals surface area contributed by atoms with Crippen molar-refractivity contribution >= 4 is 39.6 Å². The van der Waals surface area contributed by atoms with E-state index in [1.54, 1.807) is 0 Å². The van der Waals surface area contributed by atoms with Crippen LogP contribution in [0.15, 0.2) is 66.7 Å². The zero-order valence-corrected chi connectivity index (χ0v) is 23.6. The van der Waals surface area contributed by atoms with E-state index in [0.717, 1.165) is 52.1 Å². The van der Waals surface area contributed by atoms with Gasteiger partial charge in [-0.15, -0.1) is 0 Å². The largest absolute Gasteiger partial charge is 0.483 e. The van der Waals surface area contributed by atoms with E-state index >= 15 is 0 Å². The molecule has 3 N–H and O–H groups in total. The van der Waals surface area contributed by atoms with Crippen molar-refractivity contribution in [3.05, 3.63) is 78.1 Å². The van der Waals surface area contributed by atoms with Gasteiger partial charge in [-0.25, -0.2) is 4.98 Å². The van der Waals surface area contributed by atoms with Gasteiger partial charge in [0, 0.05) is 18.3 Å². The van der Waals surface area contributed by atoms with Gasteiger partial charge >= 0.3 is 0 Å². The van der Waals surface area contributed by atoms with Crippen LogP contribution in [0.1, 0.15) is 57.0 Å². The highest BCUT2D eigenvalue weighted by Crippen LogP contribution is 2.29. The Morgan fingerprint density at radius 3 is 2.42 bits per heavy atom. The third-order valence-electron chi connectivity index (χ3n) is 6.73. The predicted octanol–water partition coefficient (Wildman–Crippen LogP) is 7.38. The maximum Gasteiger partial charge on any atom is 0.286 e. The van der Waals surface area contributed by atoms with Gasteiger partial charge in [0.2, 0.25) is 5.91 Å². The first kappa shape index (κ1) is 27.6. The van der Waals surface area contributed by atoms with Crippen molar-refractivity contribution in [1.82, 2.24) is 15.3 Å². The first-order valence-electron chi connectivity index (χ1n) is 13.8. The molecule has 1 aliphatic rings. The summed E-state index contributed by atoms with van der Waals surface area (Å²) in [5.74, 6) is 2.67. The van der Waals surface area contributed by atoms with Gasteiger partial charge < -0.3 is 19.8 Å². The van der Waals surface area contributed by atoms with Crippen LogP contribution in [0.25, 0.3) is 11.0 Å². The molecule has 0 bridgehead atoms. The Morgan fingerprint density at radius 2 is 1.70 bits per heavy atom. The van der Waals surface area contributed by atoms with E-state index in [1.165, 1.54) is 25.7 Å². The number of imide groups is 1. The number of nitrogens with one attached hydrogen (secondary N) is 3. The second-order valence-electron chi connectivity index (χ2n) is 9.91. The molecule has 8 nitrogen and oxygen atoms in total. The number of nitrogens with zero attached hydrogens (tertiary/aromatic N) is 1. The van der Waals surface area contributed by atoms with Crippen molar-refractivity contribution in [2.75, 3.05) is 11.9 Å². The number of fused-ring (bicyclic) bond motifs is 1. The molecule has 2 atom stereocenters. The second-order valence-corrected chi connectivity index (χ2v) is 11.1. The molecular formula is C31H34N4O4S. The van der Waals surface area contributed by atoms with Crippen LogP contribution in [0.2, 0.25) is 0 Å². The summed E-state index contributed by atoms with van der Waals surface area (Å²) in [5.41, 5.74) is 3.76. The Labute approximate surface area is 238 Å². The Hall–Kier alpha value is -3.98. The summed E-state index contributed by atoms with van der Waals surface area (Å²) < 4.78 is 12.2. The first-order chi connectivity index (χ1) is 19.5. The number of hydrogen-bond acceptors (Lipinski definition) is 7. The SMILES string of the molecule is CCCCCCNc1ccc(Oc2ccc3nc(C(C)Oc4ccc(CC5SC(=O)NC5=O)cc4)[nH]c3c2)cc1. The van der Waals surface area contributed by atoms with Gasteiger partial charge in [0.25, 0.3) is 5.24 Å². The van der Waals surface area contributed by atoms with Gasteiger partial charge in [0.1, 0.15) is 23.1 Å². The van der Waals surface area contributed by atoms with Crippen molar-refractivity contribution < 1.29 is 19.1 Å². The van der Waals surface area contributed by atoms with Crippen molar-refractivity contribution in [3.8, 4) is 17.2 Å². The van der Waals surface area contributed by atoms with Crippen LogP contribution in [-0.4, -0.2) is 32.9 Å². The van der Waals surface area contributed by atoms with Gasteiger partial charge in [0.15, 0.2) is 6.10 Å². The molecule has 1 saturated heterocycles. The number of thioether (sulfide) groups is 1. The van der Waals surface area contributed by atoms with E-state index in [1.807, 2.05) is 73.7 Å². The van der Waals surface area contributed by atoms with E-state index in [-0.39, 0.29) is 22.5 Å². The van der Waals surface area contributed by atoms with Crippen LogP contribution in [0.4, 0.5) is 10.5 Å². The van der Waals surface area contributed by atoms with E-state index in [2.05, 4.69) is 22.5 Å². The van der Waals surface area contributed by atoms with E-state index in [9.17, 15) is 9.59 Å². The number of benzene rings is 3. The molecular weight excluding hydrogens is 524 g/mol. The van der Waals surface area contributed by atoms with Gasteiger partial charge in [-0.1, -0.05) is 50.1 Å². The zero-order valence-electron chi connectivity index (χ0n) is 22.7. The Kier molecular flexibility index (Phi) is 8.91. The number of rotatable bonds is 13. The smallest absolute Gasteiger partial charge is 0.286 e. The van der Waals surface area contributed by atoms with Crippen molar-refractivity contribution in [3.63, 3.8) is 0 Å². The van der Waals surface area contributed by atoms with Crippen LogP contribution >= 0.6 is 11.8 Å². The summed E-state index contributed by atoms with van der Waals surface area (Å²) in [6.07, 6.45) is 5.15. The van der Waals surface area contributed by atoms with Crippen LogP contribution in [0.5, 0.6) is 17.2 Å². The maximum atomic E-state index is 11.8. The summed E-state index contributed by atoms with van der Waals surface area (Å²) in [7, 11) is 0. The average Bonchev–Trinajstić information content (AvgIpc) is 3.52. The second kappa shape index (κ2) is 12.9. The number of amides is 2. The predicted molar refractivity (Wildman–Crippen MR) is 159 cm³/mol. The summed E-state index contributed by atoms with van der Waals surface area (Å²) in [4.78, 5) is 31.2. The topological polar surface area (TPSA) is 105 Å². The fourth-order valence-corrected chi connectivity index (χ4v) is 5.39. The number of aromatic amines is 1. The molecule has 40 heavy (non-hydrogen) atoms. The molecule has 1 aliphatic heterocycles. The highest BCUT2D eigenvalue weighted by Gasteiger charge is 2.31. The lowest BCUT2D eigenvalue weighted by Gasteiger charge is -2.13. The maximum absolute atomic E-state index is 11.8. The summed E-state index contributed by atoms with van der Waals surface area (Å²) in [6.45, 7) is 5.14.